The standard InChI is InChI=1S/C82H121N23O19/c1-11-45(9)66(103-74(116)57(30-48-22-24-52(107)25-23-48)97-76(118)64(43(5)6)101-69(111)54(20-16-26-89-82(84)85)93-68(110)53(83)34-63(108)109)79(121)99-60(33-51-37-88-41-92-51)80(122)105-27-17-21-62(105)75(117)96-56(29-47-18-14-13-15-19-47)70(112)95-58(31-49-35-86-39-90-49)71(113)94-55(28-42(3)4)73(115)102-65(44(7)8)77(119)104-67(46(10)12-2)78(120)98-59(32-50-36-87-40-91-50)72(114)100-61(38-106)81(123)124/h13-15,18-19,22-25,35-37,39-46,53-62,64-67,106-107H,11-12,16-17,20-21,26-34,38,83H2,1-10H3,(H,86,90)(H,87,91)(H,88,92)(H,93,110)(H,94,113)(H,95,112)(H,96,117)(H,97,118)(H,98,120)(H,99,121)(H,100,114)(H,101,111)(H,102,115)(H,103,116)(H,104,119)(H,108,109)(H,123,124)(H4,84,85,89)/t45-,46-,53-,54-,55-,56-,57-,58-,59-,60-,61-,62-,64-,65-,66-,67-/m0/s1. The van der Waals surface area contributed by atoms with Crippen LogP contribution in [0.1, 0.15) is 149 Å². The number of nitrogens with two attached hydrogens (primary N) is 2. The number of imidazole rings is 3. The predicted molar refractivity (Wildman–Crippen MR) is 449 cm³/mol. The summed E-state index contributed by atoms with van der Waals surface area (Å²) < 4.78 is 0. The smallest absolute Gasteiger partial charge is 0.328 e. The van der Waals surface area contributed by atoms with Gasteiger partial charge in [0.15, 0.2) is 5.96 Å². The van der Waals surface area contributed by atoms with Crippen LogP contribution in [0.3, 0.4) is 0 Å². The Bertz CT molecular complexity index is 4380. The molecule has 13 amide bonds. The minimum Gasteiger partial charge on any atom is -0.508 e. The van der Waals surface area contributed by atoms with Gasteiger partial charge < -0.3 is 121 Å². The first kappa shape index (κ1) is 99.9. The van der Waals surface area contributed by atoms with Crippen LogP contribution in [-0.4, -0.2) is 254 Å². The van der Waals surface area contributed by atoms with Gasteiger partial charge in [-0.15, -0.1) is 0 Å². The molecule has 5 aromatic rings. The van der Waals surface area contributed by atoms with Crippen molar-refractivity contribution in [1.29, 1.82) is 5.41 Å². The molecule has 6 rings (SSSR count). The number of likely N-dealkylation sites (tertiary alicyclic amines) is 1. The second-order valence-electron chi connectivity index (χ2n) is 32.1. The van der Waals surface area contributed by atoms with Crippen LogP contribution in [0.5, 0.6) is 5.75 Å². The van der Waals surface area contributed by atoms with Crippen molar-refractivity contribution in [2.45, 2.75) is 237 Å². The normalized spacial score (nSPS) is 16.2. The van der Waals surface area contributed by atoms with E-state index in [4.69, 9.17) is 16.9 Å². The summed E-state index contributed by atoms with van der Waals surface area (Å²) in [5.74, 6) is -17.7. The molecule has 25 N–H and O–H groups in total. The Morgan fingerprint density at radius 2 is 0.887 bits per heavy atom. The number of H-pyrrole nitrogens is 3. The number of nitrogens with zero attached hydrogens (tertiary/aromatic N) is 4. The SMILES string of the molecule is CC[C@H](C)[C@H](NC(=O)[C@H](Cc1ccc(O)cc1)NC(=O)[C@@H](NC(=O)[C@H](CCCNC(=N)N)NC(=O)[C@@H](N)CC(=O)O)C(C)C)C(=O)N[C@@H](Cc1c[nH]cn1)C(=O)N1CCC[C@H]1C(=O)N[C@@H](Cc1ccccc1)C(=O)N[C@@H](Cc1c[nH]cn1)C(=O)N[C@@H](CC(C)C)C(=O)N[C@H](C(=O)N[C@H](C(=O)N[C@@H](Cc1c[nH]cn1)C(=O)N[C@@H](CO)C(=O)O)[C@@H](C)CC)C(C)C. The third-order valence-electron chi connectivity index (χ3n) is 21.1. The van der Waals surface area contributed by atoms with Crippen molar-refractivity contribution in [3.05, 3.63) is 120 Å². The molecular formula is C82H121N23O19. The molecule has 42 nitrogen and oxygen atoms in total. The first-order chi connectivity index (χ1) is 58.8. The number of carbonyl (C=O) groups is 15. The van der Waals surface area contributed by atoms with Crippen molar-refractivity contribution in [1.82, 2.24) is 104 Å². The lowest BCUT2D eigenvalue weighted by Gasteiger charge is -2.32. The molecule has 0 radical (unpaired) electrons. The molecule has 2 aromatic carbocycles. The number of amides is 13. The summed E-state index contributed by atoms with van der Waals surface area (Å²) in [6.45, 7) is 15.9. The van der Waals surface area contributed by atoms with E-state index >= 15 is 19.2 Å². The third kappa shape index (κ3) is 31.5. The quantitative estimate of drug-likeness (QED) is 0.0108. The lowest BCUT2D eigenvalue weighted by molar-refractivity contribution is -0.143. The highest BCUT2D eigenvalue weighted by molar-refractivity contribution is 6.01. The summed E-state index contributed by atoms with van der Waals surface area (Å²) >= 11 is 0. The fourth-order valence-electron chi connectivity index (χ4n) is 13.7. The second kappa shape index (κ2) is 49.3. The number of carbonyl (C=O) groups excluding carboxylic acids is 13. The summed E-state index contributed by atoms with van der Waals surface area (Å²) in [6, 6.07) is -6.10. The first-order valence-electron chi connectivity index (χ1n) is 41.4. The van der Waals surface area contributed by atoms with Gasteiger partial charge in [-0.05, 0) is 85.0 Å². The lowest BCUT2D eigenvalue weighted by Crippen LogP contribution is -2.62. The van der Waals surface area contributed by atoms with Crippen LogP contribution in [-0.2, 0) is 104 Å². The lowest BCUT2D eigenvalue weighted by atomic mass is 9.95. The summed E-state index contributed by atoms with van der Waals surface area (Å²) in [4.78, 5) is 235. The Labute approximate surface area is 717 Å². The Morgan fingerprint density at radius 1 is 0.492 bits per heavy atom. The minimum atomic E-state index is -1.72. The van der Waals surface area contributed by atoms with Crippen LogP contribution in [0.25, 0.3) is 0 Å². The number of rotatable bonds is 51. The Morgan fingerprint density at radius 3 is 1.34 bits per heavy atom. The van der Waals surface area contributed by atoms with Crippen LogP contribution in [0.15, 0.2) is 92.2 Å². The maximum Gasteiger partial charge on any atom is 0.328 e. The van der Waals surface area contributed by atoms with E-state index in [2.05, 4.69) is 99.0 Å². The van der Waals surface area contributed by atoms with E-state index in [-0.39, 0.29) is 107 Å². The number of aromatic nitrogens is 6. The average Bonchev–Trinajstić information content (AvgIpc) is 1.56. The van der Waals surface area contributed by atoms with Gasteiger partial charge in [0.05, 0.1) is 55.1 Å². The van der Waals surface area contributed by atoms with E-state index < -0.39 is 210 Å². The number of phenols is 1. The highest BCUT2D eigenvalue weighted by atomic mass is 16.4. The topological polar surface area (TPSA) is 659 Å². The highest BCUT2D eigenvalue weighted by Gasteiger charge is 2.43. The molecule has 42 heteroatoms. The molecule has 16 atom stereocenters. The van der Waals surface area contributed by atoms with E-state index in [9.17, 15) is 73.2 Å². The Kier molecular flexibility index (Phi) is 39.7. The van der Waals surface area contributed by atoms with Gasteiger partial charge in [0.2, 0.25) is 76.8 Å². The molecule has 0 unspecified atom stereocenters. The van der Waals surface area contributed by atoms with Crippen LogP contribution < -0.4 is 80.6 Å². The predicted octanol–water partition coefficient (Wildman–Crippen LogP) is -2.52. The van der Waals surface area contributed by atoms with E-state index in [0.29, 0.717) is 28.9 Å². The van der Waals surface area contributed by atoms with Gasteiger partial charge in [-0.1, -0.05) is 125 Å². The number of aliphatic hydroxyl groups excluding tert-OH is 1. The van der Waals surface area contributed by atoms with Crippen molar-refractivity contribution in [3.63, 3.8) is 0 Å². The van der Waals surface area contributed by atoms with Crippen molar-refractivity contribution >= 4 is 94.7 Å². The number of nitrogens with one attached hydrogen (secondary N) is 17. The van der Waals surface area contributed by atoms with Crippen LogP contribution in [0.4, 0.5) is 0 Å². The summed E-state index contributed by atoms with van der Waals surface area (Å²) in [5.41, 5.74) is 13.1. The number of aromatic amines is 3. The number of carboxylic acids is 2. The van der Waals surface area contributed by atoms with E-state index in [1.54, 1.807) is 99.6 Å². The van der Waals surface area contributed by atoms with Crippen LogP contribution >= 0.6 is 0 Å². The number of guanidine groups is 1. The molecular weight excluding hydrogens is 1610 g/mol. The zero-order valence-corrected chi connectivity index (χ0v) is 71.3. The molecule has 3 aromatic heterocycles. The minimum absolute atomic E-state index is 0.0126. The first-order valence-corrected chi connectivity index (χ1v) is 41.4. The maximum absolute atomic E-state index is 15.4. The van der Waals surface area contributed by atoms with Crippen molar-refractivity contribution in [3.8, 4) is 5.75 Å². The zero-order chi connectivity index (χ0) is 91.6. The van der Waals surface area contributed by atoms with Gasteiger partial charge in [-0.2, -0.15) is 0 Å². The third-order valence-corrected chi connectivity index (χ3v) is 21.1. The molecule has 124 heavy (non-hydrogen) atoms. The molecule has 4 heterocycles. The fraction of sp³-hybridized carbons (Fsp3) is 0.549. The van der Waals surface area contributed by atoms with Gasteiger partial charge in [0, 0.05) is 63.8 Å². The van der Waals surface area contributed by atoms with Gasteiger partial charge in [0.1, 0.15) is 84.3 Å². The number of aliphatic hydroxyl groups is 1. The summed E-state index contributed by atoms with van der Waals surface area (Å²) in [5, 5.41) is 80.9. The second-order valence-corrected chi connectivity index (χ2v) is 32.1. The molecule has 1 aliphatic heterocycles. The number of hydrogen-bond acceptors (Lipinski definition) is 22. The zero-order valence-electron chi connectivity index (χ0n) is 71.3. The number of benzene rings is 2. The van der Waals surface area contributed by atoms with E-state index in [0.717, 1.165) is 0 Å². The summed E-state index contributed by atoms with van der Waals surface area (Å²) in [7, 11) is 0. The number of phenolic OH excluding ortho intramolecular Hbond substituents is 1. The van der Waals surface area contributed by atoms with Gasteiger partial charge in [-0.25, -0.2) is 19.7 Å². The van der Waals surface area contributed by atoms with Crippen LogP contribution in [0.2, 0.25) is 0 Å². The molecule has 1 aliphatic rings. The molecule has 0 saturated carbocycles. The number of aliphatic carboxylic acids is 2. The largest absolute Gasteiger partial charge is 0.508 e. The number of aromatic hydroxyl groups is 1. The molecule has 0 aliphatic carbocycles. The Hall–Kier alpha value is -12.9. The molecule has 1 saturated heterocycles. The van der Waals surface area contributed by atoms with Crippen molar-refractivity contribution in [2.75, 3.05) is 19.7 Å². The molecule has 0 spiro atoms. The van der Waals surface area contributed by atoms with Crippen molar-refractivity contribution < 1.29 is 92.3 Å². The van der Waals surface area contributed by atoms with Gasteiger partial charge >= 0.3 is 11.9 Å². The number of carboxylic acid groups (broad SMARTS) is 2. The van der Waals surface area contributed by atoms with E-state index in [1.165, 1.54) is 66.7 Å². The van der Waals surface area contributed by atoms with Crippen LogP contribution in [0, 0.1) is 35.0 Å². The molecule has 1 fully saturated rings. The van der Waals surface area contributed by atoms with E-state index in [1.807, 2.05) is 0 Å². The number of hydrogen-bond donors (Lipinski definition) is 23. The summed E-state index contributed by atoms with van der Waals surface area (Å²) in [6.07, 6.45) is 7.43. The van der Waals surface area contributed by atoms with Gasteiger partial charge in [0.25, 0.3) is 0 Å². The molecule has 678 valence electrons. The van der Waals surface area contributed by atoms with Gasteiger partial charge in [-0.3, -0.25) is 72.5 Å². The maximum atomic E-state index is 15.4. The monoisotopic (exact) mass is 1730 g/mol. The average molecular weight is 1730 g/mol. The van der Waals surface area contributed by atoms with Crippen molar-refractivity contribution in [2.24, 2.45) is 41.1 Å². The fourth-order valence-corrected chi connectivity index (χ4v) is 13.7. The Balaban J connectivity index is 1.23. The highest BCUT2D eigenvalue weighted by Crippen LogP contribution is 2.23. The molecule has 0 bridgehead atoms.